The maximum atomic E-state index is 11.8. The van der Waals surface area contributed by atoms with E-state index in [1.54, 1.807) is 12.1 Å². The largest absolute Gasteiger partial charge is 0.508 e. The summed E-state index contributed by atoms with van der Waals surface area (Å²) < 4.78 is 5.55. The predicted octanol–water partition coefficient (Wildman–Crippen LogP) is 2.75. The monoisotopic (exact) mass is 299 g/mol. The Balaban J connectivity index is 1.74. The Morgan fingerprint density at radius 2 is 1.86 bits per heavy atom. The van der Waals surface area contributed by atoms with Crippen LogP contribution in [0.1, 0.15) is 16.7 Å². The van der Waals surface area contributed by atoms with Crippen molar-refractivity contribution < 1.29 is 14.6 Å². The number of carbonyl (C=O) groups is 1. The van der Waals surface area contributed by atoms with Crippen molar-refractivity contribution in [1.82, 2.24) is 5.32 Å². The van der Waals surface area contributed by atoms with E-state index in [4.69, 9.17) is 4.74 Å². The van der Waals surface area contributed by atoms with Crippen LogP contribution in [0.5, 0.6) is 11.5 Å². The van der Waals surface area contributed by atoms with E-state index in [1.165, 1.54) is 0 Å². The van der Waals surface area contributed by atoms with E-state index in [0.717, 1.165) is 28.9 Å². The molecule has 0 spiro atoms. The first kappa shape index (κ1) is 15.9. The van der Waals surface area contributed by atoms with Gasteiger partial charge in [-0.05, 0) is 55.2 Å². The number of hydrogen-bond donors (Lipinski definition) is 2. The third-order valence-corrected chi connectivity index (χ3v) is 3.37. The lowest BCUT2D eigenvalue weighted by Crippen LogP contribution is -2.30. The van der Waals surface area contributed by atoms with Crippen molar-refractivity contribution in [3.63, 3.8) is 0 Å². The van der Waals surface area contributed by atoms with Gasteiger partial charge in [0.25, 0.3) is 5.91 Å². The van der Waals surface area contributed by atoms with Crippen LogP contribution in [-0.4, -0.2) is 24.2 Å². The minimum Gasteiger partial charge on any atom is -0.508 e. The molecule has 0 aliphatic heterocycles. The number of rotatable bonds is 6. The minimum atomic E-state index is -0.139. The average Bonchev–Trinajstić information content (AvgIpc) is 2.50. The highest BCUT2D eigenvalue weighted by atomic mass is 16.5. The van der Waals surface area contributed by atoms with Crippen molar-refractivity contribution in [2.45, 2.75) is 20.3 Å². The molecule has 0 fully saturated rings. The normalized spacial score (nSPS) is 10.3. The molecule has 0 aliphatic carbocycles. The zero-order valence-electron chi connectivity index (χ0n) is 12.9. The molecule has 22 heavy (non-hydrogen) atoms. The van der Waals surface area contributed by atoms with Gasteiger partial charge in [0, 0.05) is 6.54 Å². The first-order valence-electron chi connectivity index (χ1n) is 7.29. The lowest BCUT2D eigenvalue weighted by molar-refractivity contribution is -0.123. The van der Waals surface area contributed by atoms with E-state index in [-0.39, 0.29) is 18.3 Å². The number of carbonyl (C=O) groups excluding carboxylic acids is 1. The van der Waals surface area contributed by atoms with Crippen LogP contribution in [-0.2, 0) is 11.2 Å². The number of nitrogens with one attached hydrogen (secondary N) is 1. The molecule has 1 amide bonds. The molecule has 0 aromatic heterocycles. The molecule has 0 saturated carbocycles. The Bertz CT molecular complexity index is 635. The minimum absolute atomic E-state index is 0.0138. The van der Waals surface area contributed by atoms with E-state index in [0.29, 0.717) is 6.54 Å². The number of phenolic OH excluding ortho intramolecular Hbond substituents is 1. The number of amides is 1. The molecule has 2 aromatic carbocycles. The molecule has 116 valence electrons. The molecule has 2 rings (SSSR count). The quantitative estimate of drug-likeness (QED) is 0.862. The van der Waals surface area contributed by atoms with E-state index < -0.39 is 0 Å². The van der Waals surface area contributed by atoms with E-state index in [1.807, 2.05) is 44.2 Å². The maximum Gasteiger partial charge on any atom is 0.257 e. The average molecular weight is 299 g/mol. The van der Waals surface area contributed by atoms with Gasteiger partial charge < -0.3 is 15.2 Å². The second-order valence-electron chi connectivity index (χ2n) is 5.32. The summed E-state index contributed by atoms with van der Waals surface area (Å²) in [6, 6.07) is 12.9. The van der Waals surface area contributed by atoms with Crippen molar-refractivity contribution in [1.29, 1.82) is 0 Å². The smallest absolute Gasteiger partial charge is 0.257 e. The van der Waals surface area contributed by atoms with Crippen LogP contribution in [0.4, 0.5) is 0 Å². The molecule has 0 radical (unpaired) electrons. The van der Waals surface area contributed by atoms with Gasteiger partial charge in [0.1, 0.15) is 11.5 Å². The molecule has 0 heterocycles. The van der Waals surface area contributed by atoms with E-state index in [9.17, 15) is 9.90 Å². The fourth-order valence-corrected chi connectivity index (χ4v) is 2.07. The lowest BCUT2D eigenvalue weighted by atomic mass is 10.1. The second kappa shape index (κ2) is 7.50. The summed E-state index contributed by atoms with van der Waals surface area (Å²) >= 11 is 0. The zero-order chi connectivity index (χ0) is 15.9. The summed E-state index contributed by atoms with van der Waals surface area (Å²) in [5.74, 6) is 0.850. The Hall–Kier alpha value is -2.49. The van der Waals surface area contributed by atoms with Gasteiger partial charge in [0.2, 0.25) is 0 Å². The first-order chi connectivity index (χ1) is 10.5. The number of benzene rings is 2. The Morgan fingerprint density at radius 1 is 1.14 bits per heavy atom. The molecular weight excluding hydrogens is 278 g/mol. The van der Waals surface area contributed by atoms with Crippen LogP contribution in [0, 0.1) is 13.8 Å². The molecule has 2 N–H and O–H groups in total. The highest BCUT2D eigenvalue weighted by Crippen LogP contribution is 2.18. The molecule has 0 bridgehead atoms. The molecule has 4 nitrogen and oxygen atoms in total. The highest BCUT2D eigenvalue weighted by molar-refractivity contribution is 5.77. The van der Waals surface area contributed by atoms with Crippen molar-refractivity contribution >= 4 is 5.91 Å². The fraction of sp³-hybridized carbons (Fsp3) is 0.278. The Morgan fingerprint density at radius 3 is 2.59 bits per heavy atom. The van der Waals surface area contributed by atoms with Crippen LogP contribution in [0.2, 0.25) is 0 Å². The molecule has 0 atom stereocenters. The highest BCUT2D eigenvalue weighted by Gasteiger charge is 2.05. The summed E-state index contributed by atoms with van der Waals surface area (Å²) in [6.45, 7) is 4.50. The number of phenols is 1. The SMILES string of the molecule is Cc1ccc(C)c(OCC(=O)NCCc2ccc(O)cc2)c1. The van der Waals surface area contributed by atoms with Gasteiger partial charge >= 0.3 is 0 Å². The van der Waals surface area contributed by atoms with E-state index in [2.05, 4.69) is 5.32 Å². The number of ether oxygens (including phenoxy) is 1. The van der Waals surface area contributed by atoms with Crippen LogP contribution in [0.15, 0.2) is 42.5 Å². The van der Waals surface area contributed by atoms with Gasteiger partial charge in [-0.25, -0.2) is 0 Å². The number of aryl methyl sites for hydroxylation is 2. The molecule has 0 unspecified atom stereocenters. The Kier molecular flexibility index (Phi) is 5.42. The maximum absolute atomic E-state index is 11.8. The van der Waals surface area contributed by atoms with Gasteiger partial charge in [-0.1, -0.05) is 24.3 Å². The Labute approximate surface area is 130 Å². The second-order valence-corrected chi connectivity index (χ2v) is 5.32. The van der Waals surface area contributed by atoms with Crippen molar-refractivity contribution in [2.75, 3.05) is 13.2 Å². The topological polar surface area (TPSA) is 58.6 Å². The van der Waals surface area contributed by atoms with Crippen molar-refractivity contribution in [2.24, 2.45) is 0 Å². The van der Waals surface area contributed by atoms with Crippen LogP contribution in [0.25, 0.3) is 0 Å². The molecule has 0 aliphatic rings. The number of hydrogen-bond acceptors (Lipinski definition) is 3. The summed E-state index contributed by atoms with van der Waals surface area (Å²) in [7, 11) is 0. The van der Waals surface area contributed by atoms with Gasteiger partial charge in [0.15, 0.2) is 6.61 Å². The third-order valence-electron chi connectivity index (χ3n) is 3.37. The van der Waals surface area contributed by atoms with Gasteiger partial charge in [-0.3, -0.25) is 4.79 Å². The van der Waals surface area contributed by atoms with Crippen LogP contribution in [0.3, 0.4) is 0 Å². The molecular formula is C18H21NO3. The molecule has 4 heteroatoms. The van der Waals surface area contributed by atoms with Gasteiger partial charge in [-0.15, -0.1) is 0 Å². The predicted molar refractivity (Wildman–Crippen MR) is 86.2 cm³/mol. The van der Waals surface area contributed by atoms with Crippen molar-refractivity contribution in [3.05, 3.63) is 59.2 Å². The standard InChI is InChI=1S/C18H21NO3/c1-13-3-4-14(2)17(11-13)22-12-18(21)19-10-9-15-5-7-16(20)8-6-15/h3-8,11,20H,9-10,12H2,1-2H3,(H,19,21). The summed E-state index contributed by atoms with van der Waals surface area (Å²) in [4.78, 5) is 11.8. The van der Waals surface area contributed by atoms with Crippen molar-refractivity contribution in [3.8, 4) is 11.5 Å². The first-order valence-corrected chi connectivity index (χ1v) is 7.29. The summed E-state index contributed by atoms with van der Waals surface area (Å²) in [5, 5.41) is 12.0. The number of aromatic hydroxyl groups is 1. The van der Waals surface area contributed by atoms with Crippen LogP contribution >= 0.6 is 0 Å². The van der Waals surface area contributed by atoms with Gasteiger partial charge in [-0.2, -0.15) is 0 Å². The lowest BCUT2D eigenvalue weighted by Gasteiger charge is -2.10. The van der Waals surface area contributed by atoms with Crippen LogP contribution < -0.4 is 10.1 Å². The summed E-state index contributed by atoms with van der Waals surface area (Å²) in [5.41, 5.74) is 3.18. The summed E-state index contributed by atoms with van der Waals surface area (Å²) in [6.07, 6.45) is 0.718. The zero-order valence-corrected chi connectivity index (χ0v) is 12.9. The van der Waals surface area contributed by atoms with E-state index >= 15 is 0 Å². The molecule has 0 saturated heterocycles. The van der Waals surface area contributed by atoms with Gasteiger partial charge in [0.05, 0.1) is 0 Å². The molecule has 2 aromatic rings. The third kappa shape index (κ3) is 4.81. The fourth-order valence-electron chi connectivity index (χ4n) is 2.07.